The molecule has 2 rings (SSSR count). The van der Waals surface area contributed by atoms with Crippen molar-refractivity contribution < 1.29 is 14.5 Å². The Morgan fingerprint density at radius 3 is 2.83 bits per heavy atom. The van der Waals surface area contributed by atoms with Crippen LogP contribution < -0.4 is 9.64 Å². The maximum absolute atomic E-state index is 11.5. The van der Waals surface area contributed by atoms with Gasteiger partial charge in [0.1, 0.15) is 12.4 Å². The van der Waals surface area contributed by atoms with Gasteiger partial charge in [0.2, 0.25) is 5.91 Å². The van der Waals surface area contributed by atoms with Crippen LogP contribution in [0.2, 0.25) is 5.02 Å². The molecular weight excluding hydrogens is 342 g/mol. The minimum atomic E-state index is -0.524. The number of halogens is 1. The number of rotatable bonds is 6. The Balaban J connectivity index is 2.06. The molecule has 0 aliphatic rings. The van der Waals surface area contributed by atoms with E-state index in [-0.39, 0.29) is 23.2 Å². The highest BCUT2D eigenvalue weighted by atomic mass is 35.5. The third-order valence-electron chi connectivity index (χ3n) is 2.97. The summed E-state index contributed by atoms with van der Waals surface area (Å²) >= 11 is 7.31. The quantitative estimate of drug-likeness (QED) is 0.583. The van der Waals surface area contributed by atoms with E-state index in [2.05, 4.69) is 4.98 Å². The summed E-state index contributed by atoms with van der Waals surface area (Å²) in [5.74, 6) is 0.262. The molecule has 0 atom stereocenters. The van der Waals surface area contributed by atoms with E-state index in [1.165, 1.54) is 36.5 Å². The van der Waals surface area contributed by atoms with Crippen LogP contribution in [-0.4, -0.2) is 22.4 Å². The lowest BCUT2D eigenvalue weighted by Crippen LogP contribution is -2.27. The van der Waals surface area contributed by atoms with Crippen LogP contribution in [0.1, 0.15) is 19.5 Å². The molecule has 1 aromatic carbocycles. The number of aromatic nitrogens is 1. The Hall–Kier alpha value is -2.19. The number of nitro groups is 1. The van der Waals surface area contributed by atoms with E-state index >= 15 is 0 Å². The maximum Gasteiger partial charge on any atom is 0.271 e. The van der Waals surface area contributed by atoms with Crippen LogP contribution in [0.4, 0.5) is 10.8 Å². The van der Waals surface area contributed by atoms with Gasteiger partial charge >= 0.3 is 0 Å². The van der Waals surface area contributed by atoms with Crippen LogP contribution in [0.3, 0.4) is 0 Å². The summed E-state index contributed by atoms with van der Waals surface area (Å²) in [4.78, 5) is 27.5. The minimum Gasteiger partial charge on any atom is -0.486 e. The first kappa shape index (κ1) is 17.2. The van der Waals surface area contributed by atoms with Crippen LogP contribution in [-0.2, 0) is 11.4 Å². The molecule has 9 heteroatoms. The second-order valence-corrected chi connectivity index (χ2v) is 5.79. The molecule has 122 valence electrons. The zero-order valence-electron chi connectivity index (χ0n) is 12.5. The number of hydrogen-bond donors (Lipinski definition) is 0. The number of nitrogens with zero attached hydrogens (tertiary/aromatic N) is 3. The molecule has 0 aliphatic carbocycles. The van der Waals surface area contributed by atoms with Crippen molar-refractivity contribution in [3.05, 3.63) is 44.4 Å². The van der Waals surface area contributed by atoms with Crippen LogP contribution in [0.25, 0.3) is 0 Å². The number of carbonyl (C=O) groups excluding carboxylic acids is 1. The van der Waals surface area contributed by atoms with E-state index in [0.717, 1.165) is 0 Å². The molecule has 23 heavy (non-hydrogen) atoms. The van der Waals surface area contributed by atoms with E-state index in [9.17, 15) is 14.9 Å². The first-order valence-electron chi connectivity index (χ1n) is 6.71. The number of non-ortho nitro benzene ring substituents is 1. The van der Waals surface area contributed by atoms with Crippen LogP contribution in [0, 0.1) is 10.1 Å². The largest absolute Gasteiger partial charge is 0.486 e. The Morgan fingerprint density at radius 1 is 1.52 bits per heavy atom. The number of benzene rings is 1. The number of carbonyl (C=O) groups is 1. The summed E-state index contributed by atoms with van der Waals surface area (Å²) in [6.07, 6.45) is 0. The first-order valence-corrected chi connectivity index (χ1v) is 7.97. The fourth-order valence-corrected chi connectivity index (χ4v) is 3.00. The normalized spacial score (nSPS) is 10.4. The number of nitro benzene ring substituents is 1. The lowest BCUT2D eigenvalue weighted by Gasteiger charge is -2.14. The monoisotopic (exact) mass is 355 g/mol. The van der Waals surface area contributed by atoms with Gasteiger partial charge in [0.05, 0.1) is 15.6 Å². The number of ether oxygens (including phenoxy) is 1. The van der Waals surface area contributed by atoms with Gasteiger partial charge in [-0.15, -0.1) is 11.3 Å². The van der Waals surface area contributed by atoms with Gasteiger partial charge in [0.15, 0.2) is 5.13 Å². The second kappa shape index (κ2) is 7.38. The van der Waals surface area contributed by atoms with Crippen molar-refractivity contribution in [2.75, 3.05) is 11.4 Å². The predicted octanol–water partition coefficient (Wildman–Crippen LogP) is 3.66. The smallest absolute Gasteiger partial charge is 0.271 e. The van der Waals surface area contributed by atoms with Crippen molar-refractivity contribution in [3.63, 3.8) is 0 Å². The van der Waals surface area contributed by atoms with Crippen molar-refractivity contribution in [1.82, 2.24) is 4.98 Å². The van der Waals surface area contributed by atoms with E-state index in [1.807, 2.05) is 6.92 Å². The molecule has 0 bridgehead atoms. The van der Waals surface area contributed by atoms with Gasteiger partial charge in [-0.3, -0.25) is 19.8 Å². The summed E-state index contributed by atoms with van der Waals surface area (Å²) in [7, 11) is 0. The standard InChI is InChI=1S/C14H14ClN3O4S/c1-3-17(9(2)19)14-16-10(8-23-14)7-22-13-5-4-11(18(20)21)6-12(13)15/h4-6,8H,3,7H2,1-2H3. The van der Waals surface area contributed by atoms with Crippen LogP contribution in [0.5, 0.6) is 5.75 Å². The SMILES string of the molecule is CCN(C(C)=O)c1nc(COc2ccc([N+](=O)[O-])cc2Cl)cs1. The van der Waals surface area contributed by atoms with Gasteiger partial charge < -0.3 is 4.74 Å². The summed E-state index contributed by atoms with van der Waals surface area (Å²) in [6.45, 7) is 4.05. The number of hydrogen-bond acceptors (Lipinski definition) is 6. The highest BCUT2D eigenvalue weighted by Crippen LogP contribution is 2.29. The average Bonchev–Trinajstić information content (AvgIpc) is 2.94. The summed E-state index contributed by atoms with van der Waals surface area (Å²) in [6, 6.07) is 4.00. The molecule has 0 saturated heterocycles. The molecule has 0 radical (unpaired) electrons. The lowest BCUT2D eigenvalue weighted by molar-refractivity contribution is -0.384. The van der Waals surface area contributed by atoms with Crippen LogP contribution in [0.15, 0.2) is 23.6 Å². The Bertz CT molecular complexity index is 735. The molecule has 0 fully saturated rings. The Kier molecular flexibility index (Phi) is 5.51. The maximum atomic E-state index is 11.5. The fraction of sp³-hybridized carbons (Fsp3) is 0.286. The van der Waals surface area contributed by atoms with Crippen molar-refractivity contribution in [2.24, 2.45) is 0 Å². The lowest BCUT2D eigenvalue weighted by atomic mass is 10.3. The fourth-order valence-electron chi connectivity index (χ4n) is 1.85. The third kappa shape index (κ3) is 4.17. The second-order valence-electron chi connectivity index (χ2n) is 4.55. The van der Waals surface area contributed by atoms with E-state index in [4.69, 9.17) is 16.3 Å². The minimum absolute atomic E-state index is 0.0762. The zero-order valence-corrected chi connectivity index (χ0v) is 14.1. The Morgan fingerprint density at radius 2 is 2.26 bits per heavy atom. The van der Waals surface area contributed by atoms with Crippen LogP contribution >= 0.6 is 22.9 Å². The number of amides is 1. The third-order valence-corrected chi connectivity index (χ3v) is 4.18. The van der Waals surface area contributed by atoms with Gasteiger partial charge in [-0.05, 0) is 13.0 Å². The Labute approximate surface area is 141 Å². The highest BCUT2D eigenvalue weighted by Gasteiger charge is 2.14. The van der Waals surface area contributed by atoms with Gasteiger partial charge in [0, 0.05) is 31.0 Å². The zero-order chi connectivity index (χ0) is 17.0. The van der Waals surface area contributed by atoms with Crippen molar-refractivity contribution in [2.45, 2.75) is 20.5 Å². The van der Waals surface area contributed by atoms with Crippen molar-refractivity contribution in [1.29, 1.82) is 0 Å². The molecule has 1 amide bonds. The van der Waals surface area contributed by atoms with E-state index in [1.54, 1.807) is 10.3 Å². The molecule has 0 saturated carbocycles. The summed E-state index contributed by atoms with van der Waals surface area (Å²) in [5.41, 5.74) is 0.553. The van der Waals surface area contributed by atoms with Crippen molar-refractivity contribution in [3.8, 4) is 5.75 Å². The van der Waals surface area contributed by atoms with E-state index < -0.39 is 4.92 Å². The first-order chi connectivity index (χ1) is 10.9. The van der Waals surface area contributed by atoms with Crippen molar-refractivity contribution >= 4 is 39.7 Å². The van der Waals surface area contributed by atoms with E-state index in [0.29, 0.717) is 23.1 Å². The summed E-state index contributed by atoms with van der Waals surface area (Å²) in [5, 5.41) is 13.2. The number of anilines is 1. The predicted molar refractivity (Wildman–Crippen MR) is 88.3 cm³/mol. The van der Waals surface area contributed by atoms with Gasteiger partial charge in [-0.2, -0.15) is 0 Å². The number of thiazole rings is 1. The highest BCUT2D eigenvalue weighted by molar-refractivity contribution is 7.14. The van der Waals surface area contributed by atoms with Gasteiger partial charge in [-0.1, -0.05) is 11.6 Å². The molecule has 0 unspecified atom stereocenters. The molecule has 7 nitrogen and oxygen atoms in total. The average molecular weight is 356 g/mol. The molecule has 1 aromatic heterocycles. The molecule has 0 N–H and O–H groups in total. The topological polar surface area (TPSA) is 85.6 Å². The molecule has 0 aliphatic heterocycles. The summed E-state index contributed by atoms with van der Waals surface area (Å²) < 4.78 is 5.53. The molecule has 2 aromatic rings. The molecule has 1 heterocycles. The molecular formula is C14H14ClN3O4S. The molecule has 0 spiro atoms. The van der Waals surface area contributed by atoms with Gasteiger partial charge in [0.25, 0.3) is 5.69 Å². The van der Waals surface area contributed by atoms with Gasteiger partial charge in [-0.25, -0.2) is 4.98 Å².